The summed E-state index contributed by atoms with van der Waals surface area (Å²) < 4.78 is 26.3. The molecule has 0 aliphatic carbocycles. The summed E-state index contributed by atoms with van der Waals surface area (Å²) in [7, 11) is -0.472. The SMILES string of the molecule is Cc1cc(C)cc(C(C)(C)OC(=O)COc2ccc([S+](c3ccccc3)c3ccccc3)cc2F)c1. The minimum absolute atomic E-state index is 0.0181. The van der Waals surface area contributed by atoms with Crippen LogP contribution in [0.5, 0.6) is 5.75 Å². The van der Waals surface area contributed by atoms with Crippen molar-refractivity contribution in [1.29, 1.82) is 0 Å². The van der Waals surface area contributed by atoms with Crippen LogP contribution >= 0.6 is 0 Å². The van der Waals surface area contributed by atoms with E-state index in [4.69, 9.17) is 9.47 Å². The van der Waals surface area contributed by atoms with E-state index in [0.717, 1.165) is 31.4 Å². The largest absolute Gasteiger partial charge is 0.479 e. The van der Waals surface area contributed by atoms with E-state index < -0.39 is 28.3 Å². The van der Waals surface area contributed by atoms with Crippen LogP contribution in [-0.2, 0) is 26.0 Å². The smallest absolute Gasteiger partial charge is 0.345 e. The zero-order valence-electron chi connectivity index (χ0n) is 21.0. The fraction of sp³-hybridized carbons (Fsp3) is 0.194. The second-order valence-corrected chi connectivity index (χ2v) is 11.2. The van der Waals surface area contributed by atoms with Gasteiger partial charge < -0.3 is 9.47 Å². The number of aryl methyl sites for hydroxylation is 2. The number of carbonyl (C=O) groups excluding carboxylic acids is 1. The van der Waals surface area contributed by atoms with Crippen LogP contribution in [0.25, 0.3) is 0 Å². The summed E-state index contributed by atoms with van der Waals surface area (Å²) in [4.78, 5) is 15.6. The van der Waals surface area contributed by atoms with Gasteiger partial charge in [-0.15, -0.1) is 0 Å². The molecule has 4 aromatic rings. The third kappa shape index (κ3) is 6.16. The Morgan fingerprint density at radius 2 is 1.33 bits per heavy atom. The molecule has 0 fully saturated rings. The van der Waals surface area contributed by atoms with Gasteiger partial charge in [-0.3, -0.25) is 0 Å². The molecule has 0 saturated carbocycles. The lowest BCUT2D eigenvalue weighted by Gasteiger charge is -2.26. The van der Waals surface area contributed by atoms with Crippen molar-refractivity contribution in [2.24, 2.45) is 0 Å². The Labute approximate surface area is 215 Å². The van der Waals surface area contributed by atoms with Crippen molar-refractivity contribution in [3.05, 3.63) is 120 Å². The monoisotopic (exact) mass is 501 g/mol. The summed E-state index contributed by atoms with van der Waals surface area (Å²) in [6.07, 6.45) is 0. The number of hydrogen-bond acceptors (Lipinski definition) is 3. The van der Waals surface area contributed by atoms with Gasteiger partial charge in [-0.2, -0.15) is 0 Å². The van der Waals surface area contributed by atoms with Crippen LogP contribution < -0.4 is 4.74 Å². The lowest BCUT2D eigenvalue weighted by molar-refractivity contribution is -0.159. The number of rotatable bonds is 8. The molecular formula is C31H30FO3S+. The predicted molar refractivity (Wildman–Crippen MR) is 142 cm³/mol. The standard InChI is InChI=1S/C31H30FO3S/c1-22-17-23(2)19-24(18-22)31(3,4)35-30(33)21-34-29-16-15-27(20-28(29)32)36(25-11-7-5-8-12-25)26-13-9-6-10-14-26/h5-20H,21H2,1-4H3/q+1. The molecule has 0 saturated heterocycles. The van der Waals surface area contributed by atoms with Crippen LogP contribution in [-0.4, -0.2) is 12.6 Å². The molecule has 0 spiro atoms. The molecule has 0 radical (unpaired) electrons. The molecule has 0 aliphatic heterocycles. The highest BCUT2D eigenvalue weighted by atomic mass is 32.2. The summed E-state index contributed by atoms with van der Waals surface area (Å²) in [6.45, 7) is 7.30. The second-order valence-electron chi connectivity index (χ2n) is 9.17. The van der Waals surface area contributed by atoms with Gasteiger partial charge in [-0.05, 0) is 69.7 Å². The Kier molecular flexibility index (Phi) is 7.80. The van der Waals surface area contributed by atoms with E-state index in [1.54, 1.807) is 6.07 Å². The third-order valence-corrected chi connectivity index (χ3v) is 7.94. The Morgan fingerprint density at radius 1 is 0.778 bits per heavy atom. The minimum Gasteiger partial charge on any atom is -0.479 e. The van der Waals surface area contributed by atoms with Gasteiger partial charge in [0.15, 0.2) is 32.9 Å². The van der Waals surface area contributed by atoms with Crippen molar-refractivity contribution < 1.29 is 18.7 Å². The Balaban J connectivity index is 1.48. The summed E-state index contributed by atoms with van der Waals surface area (Å²) in [5.41, 5.74) is 2.26. The molecule has 0 heterocycles. The first-order valence-corrected chi connectivity index (χ1v) is 13.0. The highest BCUT2D eigenvalue weighted by Crippen LogP contribution is 2.33. The van der Waals surface area contributed by atoms with E-state index in [2.05, 4.69) is 6.07 Å². The zero-order valence-corrected chi connectivity index (χ0v) is 21.8. The summed E-state index contributed by atoms with van der Waals surface area (Å²) in [5, 5.41) is 0. The molecule has 36 heavy (non-hydrogen) atoms. The van der Waals surface area contributed by atoms with E-state index >= 15 is 4.39 Å². The van der Waals surface area contributed by atoms with Crippen LogP contribution in [0, 0.1) is 19.7 Å². The van der Waals surface area contributed by atoms with Gasteiger partial charge in [-0.1, -0.05) is 65.7 Å². The first kappa shape index (κ1) is 25.5. The van der Waals surface area contributed by atoms with Gasteiger partial charge in [0.2, 0.25) is 0 Å². The molecule has 4 rings (SSSR count). The maximum Gasteiger partial charge on any atom is 0.345 e. The van der Waals surface area contributed by atoms with Gasteiger partial charge in [-0.25, -0.2) is 9.18 Å². The number of hydrogen-bond donors (Lipinski definition) is 0. The molecule has 0 amide bonds. The van der Waals surface area contributed by atoms with Crippen molar-refractivity contribution in [2.45, 2.75) is 48.0 Å². The number of esters is 1. The Morgan fingerprint density at radius 3 is 1.86 bits per heavy atom. The molecule has 0 N–H and O–H groups in total. The van der Waals surface area contributed by atoms with E-state index in [1.165, 1.54) is 6.07 Å². The van der Waals surface area contributed by atoms with Crippen molar-refractivity contribution in [2.75, 3.05) is 6.61 Å². The average molecular weight is 502 g/mol. The van der Waals surface area contributed by atoms with Crippen LogP contribution in [0.15, 0.2) is 112 Å². The molecule has 0 bridgehead atoms. The zero-order chi connectivity index (χ0) is 25.7. The van der Waals surface area contributed by atoms with Gasteiger partial charge in [0, 0.05) is 6.07 Å². The van der Waals surface area contributed by atoms with Crippen LogP contribution in [0.3, 0.4) is 0 Å². The summed E-state index contributed by atoms with van der Waals surface area (Å²) in [5.74, 6) is -1.06. The predicted octanol–water partition coefficient (Wildman–Crippen LogP) is 7.40. The van der Waals surface area contributed by atoms with Gasteiger partial charge in [0.1, 0.15) is 5.60 Å². The van der Waals surface area contributed by atoms with E-state index in [0.29, 0.717) is 0 Å². The highest BCUT2D eigenvalue weighted by Gasteiger charge is 2.30. The molecule has 0 atom stereocenters. The third-order valence-electron chi connectivity index (χ3n) is 5.73. The first-order valence-electron chi connectivity index (χ1n) is 11.8. The van der Waals surface area contributed by atoms with E-state index in [1.807, 2.05) is 107 Å². The molecule has 5 heteroatoms. The lowest BCUT2D eigenvalue weighted by atomic mass is 9.94. The molecular weight excluding hydrogens is 471 g/mol. The maximum absolute atomic E-state index is 15.1. The van der Waals surface area contributed by atoms with Gasteiger partial charge in [0.25, 0.3) is 0 Å². The summed E-state index contributed by atoms with van der Waals surface area (Å²) in [6, 6.07) is 31.0. The first-order chi connectivity index (χ1) is 17.2. The van der Waals surface area contributed by atoms with E-state index in [-0.39, 0.29) is 12.4 Å². The fourth-order valence-corrected chi connectivity index (χ4v) is 6.18. The number of halogens is 1. The van der Waals surface area contributed by atoms with Crippen LogP contribution in [0.4, 0.5) is 4.39 Å². The molecule has 3 nitrogen and oxygen atoms in total. The van der Waals surface area contributed by atoms with Crippen molar-refractivity contribution in [3.8, 4) is 5.75 Å². The van der Waals surface area contributed by atoms with Gasteiger partial charge >= 0.3 is 5.97 Å². The topological polar surface area (TPSA) is 35.5 Å². The lowest BCUT2D eigenvalue weighted by Crippen LogP contribution is -2.29. The number of carbonyl (C=O) groups is 1. The van der Waals surface area contributed by atoms with Crippen molar-refractivity contribution >= 4 is 16.9 Å². The van der Waals surface area contributed by atoms with Crippen molar-refractivity contribution in [1.82, 2.24) is 0 Å². The van der Waals surface area contributed by atoms with Crippen molar-refractivity contribution in [3.63, 3.8) is 0 Å². The molecule has 0 aromatic heterocycles. The maximum atomic E-state index is 15.1. The second kappa shape index (κ2) is 11.0. The quantitative estimate of drug-likeness (QED) is 0.186. The molecule has 0 aliphatic rings. The number of ether oxygens (including phenoxy) is 2. The van der Waals surface area contributed by atoms with Gasteiger partial charge in [0.05, 0.1) is 10.9 Å². The molecule has 4 aromatic carbocycles. The Hall–Kier alpha value is -3.57. The summed E-state index contributed by atoms with van der Waals surface area (Å²) >= 11 is 0. The normalized spacial score (nSPS) is 11.4. The average Bonchev–Trinajstić information content (AvgIpc) is 2.84. The van der Waals surface area contributed by atoms with Crippen LogP contribution in [0.2, 0.25) is 0 Å². The Bertz CT molecular complexity index is 1280. The van der Waals surface area contributed by atoms with Crippen LogP contribution in [0.1, 0.15) is 30.5 Å². The number of benzene rings is 4. The molecule has 0 unspecified atom stereocenters. The highest BCUT2D eigenvalue weighted by molar-refractivity contribution is 7.97. The minimum atomic E-state index is -0.834. The molecule has 184 valence electrons. The van der Waals surface area contributed by atoms with E-state index in [9.17, 15) is 4.79 Å². The fourth-order valence-electron chi connectivity index (χ4n) is 4.08.